The van der Waals surface area contributed by atoms with Crippen LogP contribution in [0.3, 0.4) is 0 Å². The van der Waals surface area contributed by atoms with Gasteiger partial charge in [-0.1, -0.05) is 43.8 Å². The molecule has 2 aromatic rings. The topological polar surface area (TPSA) is 53.0 Å². The Morgan fingerprint density at radius 2 is 1.43 bits per heavy atom. The maximum absolute atomic E-state index is 9.46. The summed E-state index contributed by atoms with van der Waals surface area (Å²) in [6.45, 7) is 6.01. The van der Waals surface area contributed by atoms with Crippen LogP contribution < -0.4 is 0 Å². The average molecular weight is 282 g/mol. The number of phenols is 2. The van der Waals surface area contributed by atoms with Crippen LogP contribution in [-0.2, 0) is 15.9 Å². The normalized spacial score (nSPS) is 27.3. The van der Waals surface area contributed by atoms with E-state index in [0.29, 0.717) is 0 Å². The van der Waals surface area contributed by atoms with Gasteiger partial charge in [-0.2, -0.15) is 0 Å². The first kappa shape index (κ1) is 13.7. The Bertz CT molecular complexity index is 660. The smallest absolute Gasteiger partial charge is 0.145 e. The van der Waals surface area contributed by atoms with Gasteiger partial charge >= 0.3 is 0 Å². The first-order valence-electron chi connectivity index (χ1n) is 7.01. The fraction of sp³-hybridized carbons (Fsp3) is 0.222. The molecule has 21 heavy (non-hydrogen) atoms. The molecule has 2 unspecified atom stereocenters. The molecule has 0 saturated carbocycles. The van der Waals surface area contributed by atoms with E-state index >= 15 is 0 Å². The largest absolute Gasteiger partial charge is 0.508 e. The predicted octanol–water partition coefficient (Wildman–Crippen LogP) is 3.81. The van der Waals surface area contributed by atoms with Gasteiger partial charge in [0.25, 0.3) is 0 Å². The minimum absolute atomic E-state index is 0.227. The quantitative estimate of drug-likeness (QED) is 0.662. The Labute approximate surface area is 124 Å². The van der Waals surface area contributed by atoms with Gasteiger partial charge in [-0.05, 0) is 41.8 Å². The van der Waals surface area contributed by atoms with E-state index in [-0.39, 0.29) is 11.5 Å². The first-order chi connectivity index (χ1) is 10.1. The first-order valence-corrected chi connectivity index (χ1v) is 7.01. The second-order valence-electron chi connectivity index (χ2n) is 5.32. The lowest BCUT2D eigenvalue weighted by Gasteiger charge is -2.17. The van der Waals surface area contributed by atoms with E-state index in [0.717, 1.165) is 17.5 Å². The molecule has 0 amide bonds. The van der Waals surface area contributed by atoms with Gasteiger partial charge in [-0.25, -0.2) is 0 Å². The zero-order valence-corrected chi connectivity index (χ0v) is 11.9. The van der Waals surface area contributed by atoms with Crippen molar-refractivity contribution in [3.63, 3.8) is 0 Å². The Hall–Kier alpha value is -2.26. The van der Waals surface area contributed by atoms with E-state index in [9.17, 15) is 10.2 Å². The number of phenolic OH excluding ortho intramolecular Hbond substituents is 2. The van der Waals surface area contributed by atoms with Crippen LogP contribution in [0.25, 0.3) is 0 Å². The zero-order valence-electron chi connectivity index (χ0n) is 11.9. The molecule has 1 saturated heterocycles. The van der Waals surface area contributed by atoms with Gasteiger partial charge in [-0.15, -0.1) is 0 Å². The van der Waals surface area contributed by atoms with Crippen molar-refractivity contribution in [3.8, 4) is 11.5 Å². The third-order valence-electron chi connectivity index (χ3n) is 4.31. The van der Waals surface area contributed by atoms with E-state index in [2.05, 4.69) is 13.5 Å². The molecule has 0 aliphatic carbocycles. The van der Waals surface area contributed by atoms with E-state index in [1.165, 1.54) is 0 Å². The summed E-state index contributed by atoms with van der Waals surface area (Å²) in [5.41, 5.74) is 0.910. The molecular formula is C18H18O3. The Morgan fingerprint density at radius 3 is 1.86 bits per heavy atom. The monoisotopic (exact) mass is 282 g/mol. The summed E-state index contributed by atoms with van der Waals surface area (Å²) in [5.74, 6) is 0.463. The van der Waals surface area contributed by atoms with Gasteiger partial charge in [0.05, 0.1) is 0 Å². The molecule has 0 aromatic heterocycles. The molecule has 1 heterocycles. The highest BCUT2D eigenvalue weighted by molar-refractivity contribution is 5.47. The molecule has 1 fully saturated rings. The summed E-state index contributed by atoms with van der Waals surface area (Å²) in [6, 6.07) is 14.1. The Balaban J connectivity index is 2.07. The molecule has 1 aliphatic rings. The van der Waals surface area contributed by atoms with E-state index in [4.69, 9.17) is 4.74 Å². The maximum atomic E-state index is 9.46. The molecule has 3 heteroatoms. The number of benzene rings is 2. The Morgan fingerprint density at radius 1 is 0.952 bits per heavy atom. The highest BCUT2D eigenvalue weighted by Crippen LogP contribution is 2.64. The van der Waals surface area contributed by atoms with Crippen LogP contribution in [0.4, 0.5) is 0 Å². The summed E-state index contributed by atoms with van der Waals surface area (Å²) in [4.78, 5) is 0. The minimum atomic E-state index is -0.591. The molecular weight excluding hydrogens is 264 g/mol. The van der Waals surface area contributed by atoms with Crippen molar-refractivity contribution in [2.24, 2.45) is 0 Å². The zero-order chi connectivity index (χ0) is 15.1. The van der Waals surface area contributed by atoms with Crippen LogP contribution in [0, 0.1) is 0 Å². The van der Waals surface area contributed by atoms with Gasteiger partial charge in [0, 0.05) is 0 Å². The third kappa shape index (κ3) is 1.85. The molecule has 0 bridgehead atoms. The van der Waals surface area contributed by atoms with Crippen LogP contribution in [0.1, 0.15) is 24.5 Å². The molecule has 2 atom stereocenters. The van der Waals surface area contributed by atoms with Crippen LogP contribution in [-0.4, -0.2) is 10.2 Å². The highest BCUT2D eigenvalue weighted by Gasteiger charge is 2.68. The number of hydrogen-bond donors (Lipinski definition) is 2. The van der Waals surface area contributed by atoms with Gasteiger partial charge in [0.2, 0.25) is 0 Å². The molecule has 3 rings (SSSR count). The van der Waals surface area contributed by atoms with Crippen molar-refractivity contribution in [1.29, 1.82) is 0 Å². The molecule has 0 radical (unpaired) electrons. The molecule has 3 nitrogen and oxygen atoms in total. The standard InChI is InChI=1S/C18H18O3/c1-3-17(13-5-9-15(19)10-6-13)18(4-2,21-17)14-7-11-16(20)12-8-14/h3,5-12,19-20H,1,4H2,2H3. The summed E-state index contributed by atoms with van der Waals surface area (Å²) in [7, 11) is 0. The van der Waals surface area contributed by atoms with Crippen molar-refractivity contribution >= 4 is 0 Å². The van der Waals surface area contributed by atoms with Crippen molar-refractivity contribution in [1.82, 2.24) is 0 Å². The number of hydrogen-bond acceptors (Lipinski definition) is 3. The second-order valence-corrected chi connectivity index (χ2v) is 5.32. The van der Waals surface area contributed by atoms with Gasteiger partial charge in [0.15, 0.2) is 0 Å². The molecule has 108 valence electrons. The lowest BCUT2D eigenvalue weighted by Crippen LogP contribution is -2.19. The lowest BCUT2D eigenvalue weighted by molar-refractivity contribution is 0.275. The molecule has 1 aliphatic heterocycles. The lowest BCUT2D eigenvalue weighted by atomic mass is 9.80. The van der Waals surface area contributed by atoms with Crippen molar-refractivity contribution in [3.05, 3.63) is 72.3 Å². The summed E-state index contributed by atoms with van der Waals surface area (Å²) in [6.07, 6.45) is 2.60. The van der Waals surface area contributed by atoms with E-state index < -0.39 is 11.2 Å². The number of ether oxygens (including phenoxy) is 1. The van der Waals surface area contributed by atoms with Crippen LogP contribution in [0.15, 0.2) is 61.2 Å². The highest BCUT2D eigenvalue weighted by atomic mass is 16.6. The number of rotatable bonds is 4. The van der Waals surface area contributed by atoms with E-state index in [1.807, 2.05) is 30.3 Å². The number of aromatic hydroxyl groups is 2. The SMILES string of the molecule is C=CC1(c2ccc(O)cc2)OC1(CC)c1ccc(O)cc1. The average Bonchev–Trinajstić information content (AvgIpc) is 3.19. The van der Waals surface area contributed by atoms with Crippen molar-refractivity contribution < 1.29 is 14.9 Å². The van der Waals surface area contributed by atoms with Crippen LogP contribution in [0.2, 0.25) is 0 Å². The molecule has 2 aromatic carbocycles. The molecule has 2 N–H and O–H groups in total. The van der Waals surface area contributed by atoms with Crippen molar-refractivity contribution in [2.45, 2.75) is 24.5 Å². The summed E-state index contributed by atoms with van der Waals surface area (Å²) >= 11 is 0. The molecule has 0 spiro atoms. The second kappa shape index (κ2) is 4.64. The fourth-order valence-corrected chi connectivity index (χ4v) is 3.12. The third-order valence-corrected chi connectivity index (χ3v) is 4.31. The summed E-state index contributed by atoms with van der Waals surface area (Å²) in [5, 5.41) is 18.9. The summed E-state index contributed by atoms with van der Waals surface area (Å²) < 4.78 is 6.16. The van der Waals surface area contributed by atoms with Gasteiger partial charge in [0.1, 0.15) is 22.7 Å². The number of epoxide rings is 1. The van der Waals surface area contributed by atoms with Crippen molar-refractivity contribution in [2.75, 3.05) is 0 Å². The Kier molecular flexibility index (Phi) is 3.03. The van der Waals surface area contributed by atoms with Gasteiger partial charge in [-0.3, -0.25) is 0 Å². The minimum Gasteiger partial charge on any atom is -0.508 e. The fourth-order valence-electron chi connectivity index (χ4n) is 3.12. The van der Waals surface area contributed by atoms with Gasteiger partial charge < -0.3 is 14.9 Å². The van der Waals surface area contributed by atoms with E-state index in [1.54, 1.807) is 24.3 Å². The van der Waals surface area contributed by atoms with Crippen LogP contribution in [0.5, 0.6) is 11.5 Å². The predicted molar refractivity (Wildman–Crippen MR) is 81.1 cm³/mol. The van der Waals surface area contributed by atoms with Crippen LogP contribution >= 0.6 is 0 Å². The maximum Gasteiger partial charge on any atom is 0.145 e.